The van der Waals surface area contributed by atoms with E-state index in [1.165, 1.54) is 12.8 Å². The van der Waals surface area contributed by atoms with Crippen LogP contribution in [0.25, 0.3) is 11.2 Å². The van der Waals surface area contributed by atoms with E-state index in [9.17, 15) is 4.79 Å². The molecule has 2 bridgehead atoms. The van der Waals surface area contributed by atoms with Crippen LogP contribution in [-0.4, -0.2) is 20.4 Å². The molecule has 1 N–H and O–H groups in total. The van der Waals surface area contributed by atoms with E-state index in [1.54, 1.807) is 11.6 Å². The molecule has 2 saturated carbocycles. The maximum absolute atomic E-state index is 13.0. The highest BCUT2D eigenvalue weighted by molar-refractivity contribution is 6.29. The minimum Gasteiger partial charge on any atom is -0.296 e. The van der Waals surface area contributed by atoms with Gasteiger partial charge in [-0.05, 0) is 68.4 Å². The quantitative estimate of drug-likeness (QED) is 0.576. The summed E-state index contributed by atoms with van der Waals surface area (Å²) in [5, 5.41) is 3.57. The maximum atomic E-state index is 13.0. The first kappa shape index (κ1) is 17.2. The highest BCUT2D eigenvalue weighted by atomic mass is 35.5. The molecule has 27 heavy (non-hydrogen) atoms. The smallest absolute Gasteiger partial charge is 0.227 e. The Kier molecular flexibility index (Phi) is 4.04. The van der Waals surface area contributed by atoms with Crippen LogP contribution in [0.2, 0.25) is 5.15 Å². The van der Waals surface area contributed by atoms with Gasteiger partial charge in [-0.25, -0.2) is 9.97 Å². The zero-order valence-corrected chi connectivity index (χ0v) is 16.4. The number of halogens is 1. The van der Waals surface area contributed by atoms with Gasteiger partial charge in [0.1, 0.15) is 10.7 Å². The zero-order valence-electron chi connectivity index (χ0n) is 15.7. The summed E-state index contributed by atoms with van der Waals surface area (Å²) in [7, 11) is 0. The number of hydrogen-bond donors (Lipinski definition) is 1. The second kappa shape index (κ2) is 6.33. The van der Waals surface area contributed by atoms with Crippen molar-refractivity contribution in [2.24, 2.45) is 11.3 Å². The Balaban J connectivity index is 1.40. The number of rotatable bonds is 4. The van der Waals surface area contributed by atoms with E-state index in [-0.39, 0.29) is 11.3 Å². The molecule has 2 aromatic rings. The van der Waals surface area contributed by atoms with E-state index in [0.29, 0.717) is 29.5 Å². The SMILES string of the molecule is CC1CC2=CCC(CC(=O)Nc3nc4ccc(Cl)nc4n3C3CCC3)(C2)C1. The Morgan fingerprint density at radius 3 is 3.00 bits per heavy atom. The van der Waals surface area contributed by atoms with Crippen molar-refractivity contribution in [3.63, 3.8) is 0 Å². The van der Waals surface area contributed by atoms with E-state index >= 15 is 0 Å². The van der Waals surface area contributed by atoms with Gasteiger partial charge in [0.05, 0.1) is 0 Å². The molecule has 2 unspecified atom stereocenters. The van der Waals surface area contributed by atoms with Gasteiger partial charge in [0, 0.05) is 12.5 Å². The average molecular weight is 385 g/mol. The third kappa shape index (κ3) is 3.06. The van der Waals surface area contributed by atoms with E-state index < -0.39 is 0 Å². The number of pyridine rings is 1. The molecule has 5 nitrogen and oxygen atoms in total. The number of nitrogens with zero attached hydrogens (tertiary/aromatic N) is 3. The molecule has 2 aromatic heterocycles. The van der Waals surface area contributed by atoms with Crippen LogP contribution in [0.5, 0.6) is 0 Å². The highest BCUT2D eigenvalue weighted by Gasteiger charge is 2.41. The Labute approximate surface area is 164 Å². The molecule has 0 aliphatic heterocycles. The summed E-state index contributed by atoms with van der Waals surface area (Å²) in [4.78, 5) is 22.1. The number of carbonyl (C=O) groups is 1. The van der Waals surface area contributed by atoms with Gasteiger partial charge < -0.3 is 0 Å². The third-order valence-corrected chi connectivity index (χ3v) is 6.76. The number of hydrogen-bond acceptors (Lipinski definition) is 3. The van der Waals surface area contributed by atoms with Crippen molar-refractivity contribution in [1.29, 1.82) is 0 Å². The summed E-state index contributed by atoms with van der Waals surface area (Å²) in [6, 6.07) is 3.98. The summed E-state index contributed by atoms with van der Waals surface area (Å²) >= 11 is 6.11. The predicted octanol–water partition coefficient (Wildman–Crippen LogP) is 5.27. The molecule has 2 atom stereocenters. The molecule has 3 aliphatic carbocycles. The lowest BCUT2D eigenvalue weighted by Crippen LogP contribution is -2.31. The van der Waals surface area contributed by atoms with Gasteiger partial charge in [0.15, 0.2) is 5.65 Å². The molecule has 0 saturated heterocycles. The molecule has 1 amide bonds. The van der Waals surface area contributed by atoms with Crippen molar-refractivity contribution in [3.05, 3.63) is 28.9 Å². The van der Waals surface area contributed by atoms with Gasteiger partial charge >= 0.3 is 0 Å². The average Bonchev–Trinajstić information content (AvgIpc) is 3.03. The van der Waals surface area contributed by atoms with Gasteiger partial charge in [-0.1, -0.05) is 30.2 Å². The fourth-order valence-electron chi connectivity index (χ4n) is 5.30. The standard InChI is InChI=1S/C21H25ClN4O/c1-13-9-14-7-8-21(10-13,11-14)12-18(27)25-20-23-16-5-6-17(22)24-19(16)26(20)15-3-2-4-15/h5-7,13,15H,2-4,8-12H2,1H3,(H,23,25,27). The maximum Gasteiger partial charge on any atom is 0.227 e. The molecule has 6 heteroatoms. The third-order valence-electron chi connectivity index (χ3n) is 6.55. The molecule has 0 radical (unpaired) electrons. The van der Waals surface area contributed by atoms with Gasteiger partial charge in [0.2, 0.25) is 11.9 Å². The molecule has 2 heterocycles. The normalized spacial score (nSPS) is 27.5. The van der Waals surface area contributed by atoms with Crippen molar-refractivity contribution in [3.8, 4) is 0 Å². The first-order valence-electron chi connectivity index (χ1n) is 10.0. The first-order chi connectivity index (χ1) is 13.0. The number of imidazole rings is 1. The van der Waals surface area contributed by atoms with Gasteiger partial charge in [-0.15, -0.1) is 0 Å². The van der Waals surface area contributed by atoms with Crippen molar-refractivity contribution in [1.82, 2.24) is 14.5 Å². The van der Waals surface area contributed by atoms with Crippen molar-refractivity contribution in [2.75, 3.05) is 5.32 Å². The fraction of sp³-hybridized carbons (Fsp3) is 0.571. The number of aromatic nitrogens is 3. The lowest BCUT2D eigenvalue weighted by Gasteiger charge is -2.36. The summed E-state index contributed by atoms with van der Waals surface area (Å²) < 4.78 is 2.09. The van der Waals surface area contributed by atoms with E-state index in [1.807, 2.05) is 6.07 Å². The first-order valence-corrected chi connectivity index (χ1v) is 10.4. The van der Waals surface area contributed by atoms with Crippen LogP contribution in [0.3, 0.4) is 0 Å². The second-order valence-electron chi connectivity index (χ2n) is 8.85. The molecule has 142 valence electrons. The summed E-state index contributed by atoms with van der Waals surface area (Å²) in [6.07, 6.45) is 10.8. The van der Waals surface area contributed by atoms with Crippen LogP contribution in [0.4, 0.5) is 5.95 Å². The number of amides is 1. The van der Waals surface area contributed by atoms with Crippen LogP contribution >= 0.6 is 11.6 Å². The minimum atomic E-state index is 0.0701. The molecule has 0 aromatic carbocycles. The molecule has 3 aliphatic rings. The van der Waals surface area contributed by atoms with Crippen molar-refractivity contribution < 1.29 is 4.79 Å². The fourth-order valence-corrected chi connectivity index (χ4v) is 5.45. The van der Waals surface area contributed by atoms with Crippen LogP contribution < -0.4 is 5.32 Å². The predicted molar refractivity (Wildman–Crippen MR) is 107 cm³/mol. The van der Waals surface area contributed by atoms with Gasteiger partial charge in [-0.2, -0.15) is 0 Å². The van der Waals surface area contributed by atoms with E-state index in [0.717, 1.165) is 43.3 Å². The number of carbonyl (C=O) groups excluding carboxylic acids is 1. The number of allylic oxidation sites excluding steroid dienone is 2. The highest BCUT2D eigenvalue weighted by Crippen LogP contribution is 2.52. The summed E-state index contributed by atoms with van der Waals surface area (Å²) in [6.45, 7) is 2.30. The molecule has 2 fully saturated rings. The lowest BCUT2D eigenvalue weighted by molar-refractivity contribution is -0.118. The van der Waals surface area contributed by atoms with Gasteiger partial charge in [0.25, 0.3) is 0 Å². The van der Waals surface area contributed by atoms with Gasteiger partial charge in [-0.3, -0.25) is 14.7 Å². The minimum absolute atomic E-state index is 0.0701. The topological polar surface area (TPSA) is 59.8 Å². The largest absolute Gasteiger partial charge is 0.296 e. The zero-order chi connectivity index (χ0) is 18.6. The van der Waals surface area contributed by atoms with Crippen molar-refractivity contribution in [2.45, 2.75) is 64.3 Å². The molecule has 0 spiro atoms. The summed E-state index contributed by atoms with van der Waals surface area (Å²) in [5.41, 5.74) is 3.22. The lowest BCUT2D eigenvalue weighted by atomic mass is 9.69. The summed E-state index contributed by atoms with van der Waals surface area (Å²) in [5.74, 6) is 1.37. The molecule has 5 rings (SSSR count). The number of nitrogens with one attached hydrogen (secondary N) is 1. The second-order valence-corrected chi connectivity index (χ2v) is 9.24. The Bertz CT molecular complexity index is 945. The number of fused-ring (bicyclic) bond motifs is 3. The van der Waals surface area contributed by atoms with E-state index in [2.05, 4.69) is 32.9 Å². The molecular weight excluding hydrogens is 360 g/mol. The Morgan fingerprint density at radius 2 is 2.22 bits per heavy atom. The van der Waals surface area contributed by atoms with E-state index in [4.69, 9.17) is 11.6 Å². The number of anilines is 1. The van der Waals surface area contributed by atoms with Crippen LogP contribution in [0, 0.1) is 11.3 Å². The monoisotopic (exact) mass is 384 g/mol. The van der Waals surface area contributed by atoms with Crippen LogP contribution in [-0.2, 0) is 4.79 Å². The van der Waals surface area contributed by atoms with Crippen LogP contribution in [0.1, 0.15) is 64.3 Å². The van der Waals surface area contributed by atoms with Crippen molar-refractivity contribution >= 4 is 34.6 Å². The Morgan fingerprint density at radius 1 is 1.37 bits per heavy atom. The molecular formula is C21H25ClN4O. The van der Waals surface area contributed by atoms with Crippen LogP contribution in [0.15, 0.2) is 23.8 Å². The Hall–Kier alpha value is -1.88.